The van der Waals surface area contributed by atoms with Gasteiger partial charge in [0.05, 0.1) is 5.69 Å². The summed E-state index contributed by atoms with van der Waals surface area (Å²) in [6.45, 7) is 0. The zero-order valence-corrected chi connectivity index (χ0v) is 11.1. The third-order valence-electron chi connectivity index (χ3n) is 4.08. The molecular formula is C15H17F2N3. The number of rotatable bonds is 2. The van der Waals surface area contributed by atoms with E-state index in [1.807, 2.05) is 36.5 Å². The molecule has 2 aromatic rings. The molecule has 0 aliphatic heterocycles. The summed E-state index contributed by atoms with van der Waals surface area (Å²) in [4.78, 5) is 0. The number of aromatic nitrogens is 2. The second-order valence-electron chi connectivity index (χ2n) is 5.51. The summed E-state index contributed by atoms with van der Waals surface area (Å²) < 4.78 is 28.2. The Balaban J connectivity index is 1.81. The number of benzene rings is 1. The van der Waals surface area contributed by atoms with E-state index in [2.05, 4.69) is 5.10 Å². The van der Waals surface area contributed by atoms with Gasteiger partial charge in [0, 0.05) is 30.8 Å². The van der Waals surface area contributed by atoms with Crippen LogP contribution in [-0.2, 0) is 5.54 Å². The number of hydrogen-bond acceptors (Lipinski definition) is 2. The maximum Gasteiger partial charge on any atom is 0.248 e. The van der Waals surface area contributed by atoms with Crippen molar-refractivity contribution in [3.8, 4) is 5.69 Å². The average Bonchev–Trinajstić information content (AvgIpc) is 2.97. The van der Waals surface area contributed by atoms with Gasteiger partial charge < -0.3 is 5.73 Å². The highest BCUT2D eigenvalue weighted by molar-refractivity contribution is 5.36. The van der Waals surface area contributed by atoms with Gasteiger partial charge in [-0.2, -0.15) is 5.10 Å². The highest BCUT2D eigenvalue weighted by atomic mass is 19.3. The van der Waals surface area contributed by atoms with Crippen molar-refractivity contribution in [2.75, 3.05) is 0 Å². The molecular weight excluding hydrogens is 260 g/mol. The number of alkyl halides is 2. The maximum atomic E-state index is 13.2. The molecule has 1 saturated carbocycles. The van der Waals surface area contributed by atoms with Gasteiger partial charge >= 0.3 is 0 Å². The lowest BCUT2D eigenvalue weighted by Crippen LogP contribution is -2.43. The standard InChI is InChI=1S/C15H17F2N3/c16-15(17)8-6-14(18,7-9-15)12-2-4-13(5-3-12)20-11-1-10-19-20/h1-5,10-11H,6-9,18H2. The molecule has 20 heavy (non-hydrogen) atoms. The summed E-state index contributed by atoms with van der Waals surface area (Å²) in [7, 11) is 0. The largest absolute Gasteiger partial charge is 0.321 e. The lowest BCUT2D eigenvalue weighted by molar-refractivity contribution is -0.0514. The monoisotopic (exact) mass is 277 g/mol. The van der Waals surface area contributed by atoms with Gasteiger partial charge in [-0.3, -0.25) is 0 Å². The molecule has 1 aliphatic rings. The minimum Gasteiger partial charge on any atom is -0.321 e. The molecule has 2 N–H and O–H groups in total. The van der Waals surface area contributed by atoms with Crippen LogP contribution in [0.2, 0.25) is 0 Å². The quantitative estimate of drug-likeness (QED) is 0.915. The van der Waals surface area contributed by atoms with Crippen LogP contribution in [0.25, 0.3) is 5.69 Å². The zero-order valence-electron chi connectivity index (χ0n) is 11.1. The molecule has 0 unspecified atom stereocenters. The molecule has 1 aromatic heterocycles. The Morgan fingerprint density at radius 3 is 2.25 bits per heavy atom. The Labute approximate surface area is 116 Å². The van der Waals surface area contributed by atoms with Crippen molar-refractivity contribution in [2.24, 2.45) is 5.73 Å². The van der Waals surface area contributed by atoms with Crippen LogP contribution in [0.15, 0.2) is 42.7 Å². The highest BCUT2D eigenvalue weighted by Gasteiger charge is 2.41. The Kier molecular flexibility index (Phi) is 3.09. The van der Waals surface area contributed by atoms with Crippen molar-refractivity contribution < 1.29 is 8.78 Å². The summed E-state index contributed by atoms with van der Waals surface area (Å²) in [5.74, 6) is -2.56. The lowest BCUT2D eigenvalue weighted by Gasteiger charge is -2.37. The molecule has 0 spiro atoms. The van der Waals surface area contributed by atoms with E-state index in [4.69, 9.17) is 5.73 Å². The first-order valence-electron chi connectivity index (χ1n) is 6.76. The third kappa shape index (κ3) is 2.45. The van der Waals surface area contributed by atoms with Crippen LogP contribution in [0.3, 0.4) is 0 Å². The molecule has 0 amide bonds. The van der Waals surface area contributed by atoms with E-state index in [1.165, 1.54) is 0 Å². The molecule has 0 atom stereocenters. The van der Waals surface area contributed by atoms with E-state index in [-0.39, 0.29) is 12.8 Å². The van der Waals surface area contributed by atoms with Crippen molar-refractivity contribution >= 4 is 0 Å². The molecule has 1 fully saturated rings. The Morgan fingerprint density at radius 1 is 1.05 bits per heavy atom. The van der Waals surface area contributed by atoms with Crippen LogP contribution in [0.1, 0.15) is 31.2 Å². The van der Waals surface area contributed by atoms with Crippen LogP contribution in [0, 0.1) is 0 Å². The maximum absolute atomic E-state index is 13.2. The molecule has 106 valence electrons. The Bertz CT molecular complexity index is 566. The van der Waals surface area contributed by atoms with Gasteiger partial charge in [0.1, 0.15) is 0 Å². The van der Waals surface area contributed by atoms with Gasteiger partial charge in [-0.25, -0.2) is 13.5 Å². The summed E-state index contributed by atoms with van der Waals surface area (Å²) in [5, 5.41) is 4.15. The average molecular weight is 277 g/mol. The van der Waals surface area contributed by atoms with Gasteiger partial charge in [0.25, 0.3) is 0 Å². The topological polar surface area (TPSA) is 43.8 Å². The van der Waals surface area contributed by atoms with Gasteiger partial charge in [0.2, 0.25) is 5.92 Å². The van der Waals surface area contributed by atoms with E-state index < -0.39 is 11.5 Å². The molecule has 1 aliphatic carbocycles. The first kappa shape index (κ1) is 13.2. The van der Waals surface area contributed by atoms with Crippen LogP contribution in [-0.4, -0.2) is 15.7 Å². The number of halogens is 2. The molecule has 3 nitrogen and oxygen atoms in total. The first-order chi connectivity index (χ1) is 9.49. The van der Waals surface area contributed by atoms with Crippen molar-refractivity contribution in [2.45, 2.75) is 37.1 Å². The molecule has 3 rings (SSSR count). The molecule has 1 heterocycles. The molecule has 0 bridgehead atoms. The fourth-order valence-corrected chi connectivity index (χ4v) is 2.72. The molecule has 5 heteroatoms. The Hall–Kier alpha value is -1.75. The molecule has 0 radical (unpaired) electrons. The second-order valence-corrected chi connectivity index (χ2v) is 5.51. The molecule has 1 aromatic carbocycles. The van der Waals surface area contributed by atoms with Crippen LogP contribution < -0.4 is 5.73 Å². The predicted molar refractivity (Wildman–Crippen MR) is 72.8 cm³/mol. The summed E-state index contributed by atoms with van der Waals surface area (Å²) in [6.07, 6.45) is 3.94. The number of nitrogens with zero attached hydrogens (tertiary/aromatic N) is 2. The molecule has 0 saturated heterocycles. The summed E-state index contributed by atoms with van der Waals surface area (Å²) >= 11 is 0. The fraction of sp³-hybridized carbons (Fsp3) is 0.400. The SMILES string of the molecule is NC1(c2ccc(-n3cccn3)cc2)CCC(F)(F)CC1. The van der Waals surface area contributed by atoms with Crippen molar-refractivity contribution in [3.63, 3.8) is 0 Å². The fourth-order valence-electron chi connectivity index (χ4n) is 2.72. The third-order valence-corrected chi connectivity index (χ3v) is 4.08. The number of nitrogens with two attached hydrogens (primary N) is 1. The number of hydrogen-bond donors (Lipinski definition) is 1. The van der Waals surface area contributed by atoms with E-state index in [0.29, 0.717) is 12.8 Å². The van der Waals surface area contributed by atoms with Crippen molar-refractivity contribution in [3.05, 3.63) is 48.3 Å². The van der Waals surface area contributed by atoms with Crippen LogP contribution >= 0.6 is 0 Å². The van der Waals surface area contributed by atoms with E-state index in [1.54, 1.807) is 10.9 Å². The minimum absolute atomic E-state index is 0.135. The first-order valence-corrected chi connectivity index (χ1v) is 6.76. The van der Waals surface area contributed by atoms with E-state index in [0.717, 1.165) is 11.3 Å². The normalized spacial score (nSPS) is 20.8. The van der Waals surface area contributed by atoms with Crippen LogP contribution in [0.5, 0.6) is 0 Å². The predicted octanol–water partition coefficient (Wildman–Crippen LogP) is 3.24. The van der Waals surface area contributed by atoms with Gasteiger partial charge in [-0.15, -0.1) is 0 Å². The van der Waals surface area contributed by atoms with E-state index in [9.17, 15) is 8.78 Å². The zero-order chi connectivity index (χ0) is 14.2. The van der Waals surface area contributed by atoms with Crippen molar-refractivity contribution in [1.82, 2.24) is 9.78 Å². The smallest absolute Gasteiger partial charge is 0.248 e. The van der Waals surface area contributed by atoms with Gasteiger partial charge in [0.15, 0.2) is 0 Å². The van der Waals surface area contributed by atoms with E-state index >= 15 is 0 Å². The van der Waals surface area contributed by atoms with Gasteiger partial charge in [-0.1, -0.05) is 12.1 Å². The summed E-state index contributed by atoms with van der Waals surface area (Å²) in [6, 6.07) is 9.52. The van der Waals surface area contributed by atoms with Crippen molar-refractivity contribution in [1.29, 1.82) is 0 Å². The minimum atomic E-state index is -2.56. The highest BCUT2D eigenvalue weighted by Crippen LogP contribution is 2.42. The second kappa shape index (κ2) is 4.66. The van der Waals surface area contributed by atoms with Crippen LogP contribution in [0.4, 0.5) is 8.78 Å². The lowest BCUT2D eigenvalue weighted by atomic mass is 9.76. The van der Waals surface area contributed by atoms with Gasteiger partial charge in [-0.05, 0) is 36.6 Å². The summed E-state index contributed by atoms with van der Waals surface area (Å²) in [5.41, 5.74) is 7.53. The Morgan fingerprint density at radius 2 is 1.70 bits per heavy atom.